The second-order valence-corrected chi connectivity index (χ2v) is 5.07. The molecule has 0 saturated carbocycles. The predicted molar refractivity (Wildman–Crippen MR) is 56.1 cm³/mol. The van der Waals surface area contributed by atoms with Crippen LogP contribution in [0.2, 0.25) is 0 Å². The van der Waals surface area contributed by atoms with Crippen molar-refractivity contribution >= 4 is 17.7 Å². The molecule has 80 valence electrons. The van der Waals surface area contributed by atoms with E-state index in [0.29, 0.717) is 13.1 Å². The quantitative estimate of drug-likeness (QED) is 0.661. The Bertz CT molecular complexity index is 235. The van der Waals surface area contributed by atoms with E-state index < -0.39 is 5.60 Å². The minimum absolute atomic E-state index is 0.0265. The second-order valence-electron chi connectivity index (χ2n) is 4.04. The molecule has 2 rings (SSSR count). The normalized spacial score (nSPS) is 30.1. The SMILES string of the molecule is CCC1(O)CN(C(=O)C2CSCN2)C1. The van der Waals surface area contributed by atoms with E-state index in [4.69, 9.17) is 0 Å². The van der Waals surface area contributed by atoms with Gasteiger partial charge in [0.1, 0.15) is 0 Å². The molecule has 1 atom stereocenters. The fraction of sp³-hybridized carbons (Fsp3) is 0.889. The third-order valence-corrected chi connectivity index (χ3v) is 3.89. The van der Waals surface area contributed by atoms with Crippen LogP contribution in [0.15, 0.2) is 0 Å². The fourth-order valence-electron chi connectivity index (χ4n) is 1.82. The zero-order chi connectivity index (χ0) is 10.2. The van der Waals surface area contributed by atoms with Crippen LogP contribution in [-0.4, -0.2) is 52.3 Å². The van der Waals surface area contributed by atoms with Crippen molar-refractivity contribution < 1.29 is 9.90 Å². The molecule has 2 heterocycles. The largest absolute Gasteiger partial charge is 0.386 e. The number of thioether (sulfide) groups is 1. The van der Waals surface area contributed by atoms with Crippen LogP contribution in [0.25, 0.3) is 0 Å². The molecule has 5 heteroatoms. The molecular formula is C9H16N2O2S. The summed E-state index contributed by atoms with van der Waals surface area (Å²) in [4.78, 5) is 13.5. The molecule has 2 aliphatic heterocycles. The minimum Gasteiger partial charge on any atom is -0.386 e. The first kappa shape index (κ1) is 10.3. The monoisotopic (exact) mass is 216 g/mol. The molecule has 0 aromatic carbocycles. The molecule has 0 radical (unpaired) electrons. The number of hydrogen-bond acceptors (Lipinski definition) is 4. The van der Waals surface area contributed by atoms with Gasteiger partial charge in [0.15, 0.2) is 0 Å². The summed E-state index contributed by atoms with van der Waals surface area (Å²) < 4.78 is 0. The van der Waals surface area contributed by atoms with Gasteiger partial charge in [-0.05, 0) is 6.42 Å². The summed E-state index contributed by atoms with van der Waals surface area (Å²) in [6.07, 6.45) is 0.726. The third kappa shape index (κ3) is 1.76. The van der Waals surface area contributed by atoms with Gasteiger partial charge >= 0.3 is 0 Å². The van der Waals surface area contributed by atoms with Crippen molar-refractivity contribution in [1.29, 1.82) is 0 Å². The van der Waals surface area contributed by atoms with Crippen LogP contribution in [0, 0.1) is 0 Å². The van der Waals surface area contributed by atoms with E-state index in [9.17, 15) is 9.90 Å². The van der Waals surface area contributed by atoms with Crippen LogP contribution >= 0.6 is 11.8 Å². The molecule has 2 aliphatic rings. The van der Waals surface area contributed by atoms with Crippen molar-refractivity contribution in [1.82, 2.24) is 10.2 Å². The molecule has 4 nitrogen and oxygen atoms in total. The Morgan fingerprint density at radius 3 is 2.93 bits per heavy atom. The van der Waals surface area contributed by atoms with Crippen LogP contribution in [0.4, 0.5) is 0 Å². The summed E-state index contributed by atoms with van der Waals surface area (Å²) in [7, 11) is 0. The highest BCUT2D eigenvalue weighted by atomic mass is 32.2. The lowest BCUT2D eigenvalue weighted by Gasteiger charge is -2.46. The number of β-amino-alcohol motifs (C(OH)–C–C–N with tert-alkyl or cyclic N) is 1. The summed E-state index contributed by atoms with van der Waals surface area (Å²) in [6, 6.07) is -0.0265. The zero-order valence-electron chi connectivity index (χ0n) is 8.32. The standard InChI is InChI=1S/C9H16N2O2S/c1-2-9(13)4-11(5-9)8(12)7-3-14-6-10-7/h7,10,13H,2-6H2,1H3. The van der Waals surface area contributed by atoms with Gasteiger partial charge in [0.25, 0.3) is 0 Å². The Hall–Kier alpha value is -0.260. The van der Waals surface area contributed by atoms with Gasteiger partial charge in [-0.1, -0.05) is 6.92 Å². The number of aliphatic hydroxyl groups is 1. The van der Waals surface area contributed by atoms with Crippen LogP contribution in [0.3, 0.4) is 0 Å². The van der Waals surface area contributed by atoms with E-state index in [0.717, 1.165) is 18.1 Å². The maximum absolute atomic E-state index is 11.8. The van der Waals surface area contributed by atoms with Crippen molar-refractivity contribution in [3.63, 3.8) is 0 Å². The molecule has 2 fully saturated rings. The topological polar surface area (TPSA) is 52.6 Å². The van der Waals surface area contributed by atoms with Gasteiger partial charge in [0.05, 0.1) is 24.7 Å². The van der Waals surface area contributed by atoms with Gasteiger partial charge in [-0.15, -0.1) is 11.8 Å². The summed E-state index contributed by atoms with van der Waals surface area (Å²) in [5, 5.41) is 12.9. The van der Waals surface area contributed by atoms with E-state index in [1.54, 1.807) is 16.7 Å². The second kappa shape index (κ2) is 3.72. The average Bonchev–Trinajstić information content (AvgIpc) is 2.64. The molecule has 0 aliphatic carbocycles. The number of amides is 1. The maximum atomic E-state index is 11.8. The lowest BCUT2D eigenvalue weighted by Crippen LogP contribution is -2.65. The van der Waals surface area contributed by atoms with E-state index in [-0.39, 0.29) is 11.9 Å². The molecule has 0 aromatic rings. The zero-order valence-corrected chi connectivity index (χ0v) is 9.14. The summed E-state index contributed by atoms with van der Waals surface area (Å²) in [5.41, 5.74) is -0.610. The molecule has 0 spiro atoms. The molecule has 2 N–H and O–H groups in total. The van der Waals surface area contributed by atoms with Gasteiger partial charge in [-0.3, -0.25) is 10.1 Å². The van der Waals surface area contributed by atoms with Gasteiger partial charge < -0.3 is 10.0 Å². The Labute approximate surface area is 88.0 Å². The molecular weight excluding hydrogens is 200 g/mol. The van der Waals surface area contributed by atoms with Crippen LogP contribution in [-0.2, 0) is 4.79 Å². The fourth-order valence-corrected chi connectivity index (χ4v) is 2.75. The summed E-state index contributed by atoms with van der Waals surface area (Å²) in [6.45, 7) is 2.96. The molecule has 0 bridgehead atoms. The molecule has 1 amide bonds. The summed E-state index contributed by atoms with van der Waals surface area (Å²) >= 11 is 1.75. The lowest BCUT2D eigenvalue weighted by molar-refractivity contribution is -0.157. The van der Waals surface area contributed by atoms with Gasteiger partial charge in [0.2, 0.25) is 5.91 Å². The first-order valence-corrected chi connectivity index (χ1v) is 6.12. The number of carbonyl (C=O) groups excluding carboxylic acids is 1. The van der Waals surface area contributed by atoms with Crippen LogP contribution in [0.1, 0.15) is 13.3 Å². The Morgan fingerprint density at radius 1 is 1.71 bits per heavy atom. The first-order valence-electron chi connectivity index (χ1n) is 4.97. The number of rotatable bonds is 2. The number of hydrogen-bond donors (Lipinski definition) is 2. The molecule has 1 unspecified atom stereocenters. The van der Waals surface area contributed by atoms with Gasteiger partial charge in [0, 0.05) is 11.6 Å². The van der Waals surface area contributed by atoms with Gasteiger partial charge in [-0.2, -0.15) is 0 Å². The highest BCUT2D eigenvalue weighted by molar-refractivity contribution is 7.99. The molecule has 14 heavy (non-hydrogen) atoms. The van der Waals surface area contributed by atoms with Crippen LogP contribution in [0.5, 0.6) is 0 Å². The van der Waals surface area contributed by atoms with E-state index in [2.05, 4.69) is 5.32 Å². The Balaban J connectivity index is 1.84. The highest BCUT2D eigenvalue weighted by Crippen LogP contribution is 2.25. The third-order valence-electron chi connectivity index (χ3n) is 2.95. The van der Waals surface area contributed by atoms with E-state index in [1.165, 1.54) is 0 Å². The highest BCUT2D eigenvalue weighted by Gasteiger charge is 2.44. The Morgan fingerprint density at radius 2 is 2.43 bits per heavy atom. The Kier molecular flexibility index (Phi) is 2.72. The van der Waals surface area contributed by atoms with E-state index >= 15 is 0 Å². The number of nitrogens with zero attached hydrogens (tertiary/aromatic N) is 1. The minimum atomic E-state index is -0.610. The van der Waals surface area contributed by atoms with Crippen molar-refractivity contribution in [2.24, 2.45) is 0 Å². The number of likely N-dealkylation sites (tertiary alicyclic amines) is 1. The first-order chi connectivity index (χ1) is 6.64. The maximum Gasteiger partial charge on any atom is 0.240 e. The lowest BCUT2D eigenvalue weighted by atomic mass is 9.91. The van der Waals surface area contributed by atoms with Crippen molar-refractivity contribution in [3.05, 3.63) is 0 Å². The van der Waals surface area contributed by atoms with Crippen LogP contribution < -0.4 is 5.32 Å². The predicted octanol–water partition coefficient (Wildman–Crippen LogP) is -0.368. The van der Waals surface area contributed by atoms with E-state index in [1.807, 2.05) is 6.92 Å². The number of nitrogens with one attached hydrogen (secondary N) is 1. The average molecular weight is 216 g/mol. The molecule has 0 aromatic heterocycles. The van der Waals surface area contributed by atoms with Crippen molar-refractivity contribution in [2.45, 2.75) is 25.0 Å². The van der Waals surface area contributed by atoms with Crippen molar-refractivity contribution in [3.8, 4) is 0 Å². The number of carbonyl (C=O) groups is 1. The van der Waals surface area contributed by atoms with Crippen molar-refractivity contribution in [2.75, 3.05) is 24.7 Å². The molecule has 2 saturated heterocycles. The van der Waals surface area contributed by atoms with Gasteiger partial charge in [-0.25, -0.2) is 0 Å². The smallest absolute Gasteiger partial charge is 0.240 e. The summed E-state index contributed by atoms with van der Waals surface area (Å²) in [5.74, 6) is 1.87.